The number of hydrogen-bond donors (Lipinski definition) is 2. The van der Waals surface area contributed by atoms with Gasteiger partial charge in [0.2, 0.25) is 0 Å². The van der Waals surface area contributed by atoms with Gasteiger partial charge in [0.05, 0.1) is 12.2 Å². The Hall–Kier alpha value is -2.56. The first-order chi connectivity index (χ1) is 15.5. The molecule has 0 spiro atoms. The van der Waals surface area contributed by atoms with Crippen molar-refractivity contribution in [2.45, 2.75) is 83.6 Å². The SMILES string of the molecule is CCCCC(CC)(NC(=O)c1ccc2ccccc2c1OCCC1CCCCC1)C(=O)O. The van der Waals surface area contributed by atoms with Crippen LogP contribution in [0.1, 0.15) is 88.4 Å². The zero-order valence-corrected chi connectivity index (χ0v) is 19.5. The van der Waals surface area contributed by atoms with E-state index in [1.807, 2.05) is 44.2 Å². The third kappa shape index (κ3) is 5.62. The number of carboxylic acids is 1. The van der Waals surface area contributed by atoms with Gasteiger partial charge in [0.25, 0.3) is 5.91 Å². The van der Waals surface area contributed by atoms with Crippen LogP contribution in [0.5, 0.6) is 5.75 Å². The quantitative estimate of drug-likeness (QED) is 0.428. The van der Waals surface area contributed by atoms with Crippen molar-refractivity contribution < 1.29 is 19.4 Å². The summed E-state index contributed by atoms with van der Waals surface area (Å²) in [5.74, 6) is -0.127. The highest BCUT2D eigenvalue weighted by atomic mass is 16.5. The zero-order valence-electron chi connectivity index (χ0n) is 19.5. The van der Waals surface area contributed by atoms with E-state index in [1.165, 1.54) is 32.1 Å². The second kappa shape index (κ2) is 11.3. The Morgan fingerprint density at radius 3 is 2.53 bits per heavy atom. The number of amides is 1. The average molecular weight is 440 g/mol. The fourth-order valence-electron chi connectivity index (χ4n) is 4.78. The molecule has 5 heteroatoms. The van der Waals surface area contributed by atoms with Crippen LogP contribution < -0.4 is 10.1 Å². The number of hydrogen-bond acceptors (Lipinski definition) is 3. The van der Waals surface area contributed by atoms with Crippen molar-refractivity contribution in [3.63, 3.8) is 0 Å². The molecule has 1 unspecified atom stereocenters. The Labute approximate surface area is 191 Å². The van der Waals surface area contributed by atoms with Gasteiger partial charge in [-0.1, -0.05) is 89.1 Å². The van der Waals surface area contributed by atoms with Crippen LogP contribution in [0.25, 0.3) is 10.8 Å². The van der Waals surface area contributed by atoms with Gasteiger partial charge in [-0.3, -0.25) is 4.79 Å². The minimum Gasteiger partial charge on any atom is -0.492 e. The number of unbranched alkanes of at least 4 members (excludes halogenated alkanes) is 1. The van der Waals surface area contributed by atoms with Crippen LogP contribution in [-0.4, -0.2) is 29.1 Å². The van der Waals surface area contributed by atoms with Gasteiger partial charge in [0.1, 0.15) is 11.3 Å². The summed E-state index contributed by atoms with van der Waals surface area (Å²) in [6.45, 7) is 4.39. The second-order valence-electron chi connectivity index (χ2n) is 9.10. The third-order valence-electron chi connectivity index (χ3n) is 6.94. The van der Waals surface area contributed by atoms with Crippen molar-refractivity contribution >= 4 is 22.6 Å². The molecule has 5 nitrogen and oxygen atoms in total. The predicted molar refractivity (Wildman–Crippen MR) is 128 cm³/mol. The van der Waals surface area contributed by atoms with Crippen molar-refractivity contribution in [1.29, 1.82) is 0 Å². The van der Waals surface area contributed by atoms with Gasteiger partial charge in [-0.25, -0.2) is 4.79 Å². The van der Waals surface area contributed by atoms with Crippen molar-refractivity contribution in [3.8, 4) is 5.75 Å². The van der Waals surface area contributed by atoms with E-state index < -0.39 is 11.5 Å². The summed E-state index contributed by atoms with van der Waals surface area (Å²) < 4.78 is 6.26. The number of fused-ring (bicyclic) bond motifs is 1. The molecule has 0 heterocycles. The highest BCUT2D eigenvalue weighted by molar-refractivity contribution is 6.05. The number of carbonyl (C=O) groups is 2. The predicted octanol–water partition coefficient (Wildman–Crippen LogP) is 6.34. The van der Waals surface area contributed by atoms with Crippen molar-refractivity contribution in [2.24, 2.45) is 5.92 Å². The van der Waals surface area contributed by atoms with Gasteiger partial charge in [-0.05, 0) is 36.6 Å². The highest BCUT2D eigenvalue weighted by Crippen LogP contribution is 2.32. The van der Waals surface area contributed by atoms with Crippen LogP contribution in [0.3, 0.4) is 0 Å². The Kier molecular flexibility index (Phi) is 8.54. The van der Waals surface area contributed by atoms with Gasteiger partial charge in [0.15, 0.2) is 0 Å². The van der Waals surface area contributed by atoms with Gasteiger partial charge < -0.3 is 15.2 Å². The summed E-state index contributed by atoms with van der Waals surface area (Å²) in [6.07, 6.45) is 9.74. The number of benzene rings is 2. The third-order valence-corrected chi connectivity index (χ3v) is 6.94. The molecular formula is C27H37NO4. The lowest BCUT2D eigenvalue weighted by molar-refractivity contribution is -0.145. The standard InChI is InChI=1S/C27H37NO4/c1-3-5-18-27(4-2,26(30)31)28-25(29)23-16-15-21-13-9-10-14-22(21)24(23)32-19-17-20-11-7-6-8-12-20/h9-10,13-16,20H,3-8,11-12,17-19H2,1-2H3,(H,28,29)(H,30,31). The van der Waals surface area contributed by atoms with Crippen LogP contribution in [0.4, 0.5) is 0 Å². The summed E-state index contributed by atoms with van der Waals surface area (Å²) in [4.78, 5) is 25.5. The highest BCUT2D eigenvalue weighted by Gasteiger charge is 2.38. The van der Waals surface area contributed by atoms with Crippen LogP contribution >= 0.6 is 0 Å². The van der Waals surface area contributed by atoms with E-state index in [0.29, 0.717) is 36.7 Å². The lowest BCUT2D eigenvalue weighted by atomic mass is 9.87. The number of ether oxygens (including phenoxy) is 1. The first-order valence-electron chi connectivity index (χ1n) is 12.2. The number of aliphatic carboxylic acids is 1. The maximum Gasteiger partial charge on any atom is 0.329 e. The molecule has 1 aliphatic carbocycles. The van der Waals surface area contributed by atoms with Crippen LogP contribution in [0.2, 0.25) is 0 Å². The largest absolute Gasteiger partial charge is 0.492 e. The molecule has 1 aliphatic rings. The molecule has 32 heavy (non-hydrogen) atoms. The Bertz CT molecular complexity index is 919. The smallest absolute Gasteiger partial charge is 0.329 e. The molecule has 0 aliphatic heterocycles. The van der Waals surface area contributed by atoms with Crippen LogP contribution in [0, 0.1) is 5.92 Å². The molecule has 1 amide bonds. The number of carboxylic acid groups (broad SMARTS) is 1. The molecule has 1 saturated carbocycles. The number of rotatable bonds is 11. The van der Waals surface area contributed by atoms with Crippen molar-refractivity contribution in [3.05, 3.63) is 42.0 Å². The van der Waals surface area contributed by atoms with E-state index in [9.17, 15) is 14.7 Å². The van der Waals surface area contributed by atoms with Gasteiger partial charge in [-0.15, -0.1) is 0 Å². The van der Waals surface area contributed by atoms with Crippen LogP contribution in [-0.2, 0) is 4.79 Å². The fraction of sp³-hybridized carbons (Fsp3) is 0.556. The minimum atomic E-state index is -1.27. The molecule has 1 atom stereocenters. The normalized spacial score (nSPS) is 16.4. The molecule has 0 aromatic heterocycles. The molecule has 3 rings (SSSR count). The summed E-state index contributed by atoms with van der Waals surface area (Å²) in [6, 6.07) is 11.5. The first kappa shape index (κ1) is 24.1. The molecule has 0 bridgehead atoms. The molecule has 2 aromatic carbocycles. The molecule has 1 fully saturated rings. The van der Waals surface area contributed by atoms with Gasteiger partial charge in [0, 0.05) is 5.39 Å². The van der Waals surface area contributed by atoms with Gasteiger partial charge >= 0.3 is 5.97 Å². The van der Waals surface area contributed by atoms with E-state index in [0.717, 1.165) is 30.0 Å². The summed E-state index contributed by atoms with van der Waals surface area (Å²) in [7, 11) is 0. The zero-order chi connectivity index (χ0) is 23.0. The average Bonchev–Trinajstić information content (AvgIpc) is 2.82. The Balaban J connectivity index is 1.86. The lowest BCUT2D eigenvalue weighted by Crippen LogP contribution is -2.54. The summed E-state index contributed by atoms with van der Waals surface area (Å²) in [5.41, 5.74) is -0.860. The van der Waals surface area contributed by atoms with Crippen LogP contribution in [0.15, 0.2) is 36.4 Å². The maximum atomic E-state index is 13.4. The monoisotopic (exact) mass is 439 g/mol. The topological polar surface area (TPSA) is 75.6 Å². The van der Waals surface area contributed by atoms with Gasteiger partial charge in [-0.2, -0.15) is 0 Å². The van der Waals surface area contributed by atoms with E-state index in [-0.39, 0.29) is 5.91 Å². The van der Waals surface area contributed by atoms with E-state index in [4.69, 9.17) is 4.74 Å². The van der Waals surface area contributed by atoms with Crippen molar-refractivity contribution in [1.82, 2.24) is 5.32 Å². The lowest BCUT2D eigenvalue weighted by Gasteiger charge is -2.30. The first-order valence-corrected chi connectivity index (χ1v) is 12.2. The molecule has 2 N–H and O–H groups in total. The van der Waals surface area contributed by atoms with E-state index in [2.05, 4.69) is 5.32 Å². The van der Waals surface area contributed by atoms with E-state index >= 15 is 0 Å². The number of nitrogens with one attached hydrogen (secondary N) is 1. The van der Waals surface area contributed by atoms with Crippen molar-refractivity contribution in [2.75, 3.05) is 6.61 Å². The summed E-state index contributed by atoms with van der Waals surface area (Å²) >= 11 is 0. The number of carbonyl (C=O) groups excluding carboxylic acids is 1. The molecule has 2 aromatic rings. The molecule has 174 valence electrons. The second-order valence-corrected chi connectivity index (χ2v) is 9.10. The molecule has 0 radical (unpaired) electrons. The maximum absolute atomic E-state index is 13.4. The van der Waals surface area contributed by atoms with E-state index in [1.54, 1.807) is 6.07 Å². The fourth-order valence-corrected chi connectivity index (χ4v) is 4.78. The molecule has 0 saturated heterocycles. The molecular weight excluding hydrogens is 402 g/mol. The Morgan fingerprint density at radius 1 is 1.09 bits per heavy atom. The minimum absolute atomic E-state index is 0.333. The summed E-state index contributed by atoms with van der Waals surface area (Å²) in [5, 5.41) is 14.7. The Morgan fingerprint density at radius 2 is 1.84 bits per heavy atom.